The Morgan fingerprint density at radius 3 is 2.46 bits per heavy atom. The smallest absolute Gasteiger partial charge is 0.293 e. The highest BCUT2D eigenvalue weighted by molar-refractivity contribution is 7.14. The molecule has 0 saturated carbocycles. The molecule has 3 rings (SSSR count). The molecule has 0 aliphatic carbocycles. The van der Waals surface area contributed by atoms with Crippen LogP contribution in [0.5, 0.6) is 0 Å². The summed E-state index contributed by atoms with van der Waals surface area (Å²) < 4.78 is 5.57. The van der Waals surface area contributed by atoms with E-state index in [-0.39, 0.29) is 16.9 Å². The summed E-state index contributed by atoms with van der Waals surface area (Å²) in [5.74, 6) is 0.207. The zero-order chi connectivity index (χ0) is 18.9. The minimum atomic E-state index is -0.468. The molecule has 0 radical (unpaired) electrons. The van der Waals surface area contributed by atoms with Gasteiger partial charge in [-0.05, 0) is 24.3 Å². The van der Waals surface area contributed by atoms with Crippen LogP contribution >= 0.6 is 11.3 Å². The van der Waals surface area contributed by atoms with Crippen molar-refractivity contribution in [1.29, 1.82) is 0 Å². The van der Waals surface area contributed by atoms with E-state index in [1.54, 1.807) is 24.3 Å². The van der Waals surface area contributed by atoms with Crippen LogP contribution in [0.25, 0.3) is 11.3 Å². The summed E-state index contributed by atoms with van der Waals surface area (Å²) in [6, 6.07) is 9.15. The number of furan rings is 1. The van der Waals surface area contributed by atoms with E-state index in [1.807, 2.05) is 5.38 Å². The quantitative estimate of drug-likeness (QED) is 0.521. The summed E-state index contributed by atoms with van der Waals surface area (Å²) in [5.41, 5.74) is 1.46. The van der Waals surface area contributed by atoms with Crippen LogP contribution in [0.3, 0.4) is 0 Å². The molecule has 0 atom stereocenters. The van der Waals surface area contributed by atoms with Crippen LogP contribution in [0.15, 0.2) is 46.2 Å². The van der Waals surface area contributed by atoms with Gasteiger partial charge in [0.25, 0.3) is 11.6 Å². The molecule has 0 unspecified atom stereocenters. The molecule has 26 heavy (non-hydrogen) atoms. The predicted molar refractivity (Wildman–Crippen MR) is 99.6 cm³/mol. The van der Waals surface area contributed by atoms with Gasteiger partial charge in [-0.1, -0.05) is 20.8 Å². The number of thiazole rings is 1. The summed E-state index contributed by atoms with van der Waals surface area (Å²) in [7, 11) is 0. The molecular formula is C18H17N3O4S. The van der Waals surface area contributed by atoms with Crippen molar-refractivity contribution < 1.29 is 14.1 Å². The first-order chi connectivity index (χ1) is 12.2. The number of carbonyl (C=O) groups is 1. The molecule has 0 aliphatic heterocycles. The monoisotopic (exact) mass is 371 g/mol. The molecule has 1 N–H and O–H groups in total. The standard InChI is InChI=1S/C18H17N3O4S/c1-18(2,3)15-10-26-17(19-15)20-16(22)14-9-8-13(25-14)11-4-6-12(7-5-11)21(23)24/h4-10H,1-3H3,(H,19,20,22). The van der Waals surface area contributed by atoms with Crippen molar-refractivity contribution in [3.8, 4) is 11.3 Å². The van der Waals surface area contributed by atoms with Gasteiger partial charge in [0, 0.05) is 28.5 Å². The number of nitrogens with one attached hydrogen (secondary N) is 1. The van der Waals surface area contributed by atoms with E-state index in [0.717, 1.165) is 5.69 Å². The van der Waals surface area contributed by atoms with E-state index in [2.05, 4.69) is 31.1 Å². The molecule has 2 heterocycles. The van der Waals surface area contributed by atoms with Crippen LogP contribution in [0.1, 0.15) is 37.0 Å². The lowest BCUT2D eigenvalue weighted by Gasteiger charge is -2.14. The molecule has 1 amide bonds. The number of benzene rings is 1. The highest BCUT2D eigenvalue weighted by atomic mass is 32.1. The number of hydrogen-bond donors (Lipinski definition) is 1. The summed E-state index contributed by atoms with van der Waals surface area (Å²) in [6.45, 7) is 6.16. The van der Waals surface area contributed by atoms with Crippen LogP contribution < -0.4 is 5.32 Å². The number of anilines is 1. The second-order valence-electron chi connectivity index (χ2n) is 6.71. The number of carbonyl (C=O) groups excluding carboxylic acids is 1. The number of hydrogen-bond acceptors (Lipinski definition) is 6. The molecule has 0 bridgehead atoms. The van der Waals surface area contributed by atoms with Gasteiger partial charge in [0.1, 0.15) is 5.76 Å². The minimum Gasteiger partial charge on any atom is -0.451 e. The molecule has 3 aromatic rings. The van der Waals surface area contributed by atoms with Gasteiger partial charge in [-0.25, -0.2) is 4.98 Å². The van der Waals surface area contributed by atoms with Gasteiger partial charge in [-0.3, -0.25) is 20.2 Å². The Kier molecular flexibility index (Phi) is 4.60. The van der Waals surface area contributed by atoms with Crippen LogP contribution in [0, 0.1) is 10.1 Å². The van der Waals surface area contributed by atoms with Crippen molar-refractivity contribution in [2.24, 2.45) is 0 Å². The Morgan fingerprint density at radius 2 is 1.88 bits per heavy atom. The largest absolute Gasteiger partial charge is 0.451 e. The first-order valence-corrected chi connectivity index (χ1v) is 8.74. The number of non-ortho nitro benzene ring substituents is 1. The van der Waals surface area contributed by atoms with E-state index < -0.39 is 10.8 Å². The Hall–Kier alpha value is -3.00. The molecule has 0 aliphatic rings. The fraction of sp³-hybridized carbons (Fsp3) is 0.222. The van der Waals surface area contributed by atoms with Crippen molar-refractivity contribution in [2.75, 3.05) is 5.32 Å². The fourth-order valence-corrected chi connectivity index (χ4v) is 3.13. The zero-order valence-electron chi connectivity index (χ0n) is 14.5. The van der Waals surface area contributed by atoms with Gasteiger partial charge in [0.2, 0.25) is 0 Å². The first-order valence-electron chi connectivity index (χ1n) is 7.86. The Bertz CT molecular complexity index is 951. The number of rotatable bonds is 4. The Morgan fingerprint density at radius 1 is 1.19 bits per heavy atom. The number of aromatic nitrogens is 1. The highest BCUT2D eigenvalue weighted by Crippen LogP contribution is 2.28. The van der Waals surface area contributed by atoms with Crippen LogP contribution in [0.2, 0.25) is 0 Å². The average Bonchev–Trinajstić information content (AvgIpc) is 3.24. The summed E-state index contributed by atoms with van der Waals surface area (Å²) >= 11 is 1.36. The third kappa shape index (κ3) is 3.80. The molecule has 8 heteroatoms. The maximum Gasteiger partial charge on any atom is 0.293 e. The van der Waals surface area contributed by atoms with Gasteiger partial charge < -0.3 is 4.42 Å². The Balaban J connectivity index is 1.73. The van der Waals surface area contributed by atoms with Crippen LogP contribution in [0.4, 0.5) is 10.8 Å². The van der Waals surface area contributed by atoms with E-state index in [1.165, 1.54) is 23.5 Å². The van der Waals surface area contributed by atoms with Crippen molar-refractivity contribution in [3.63, 3.8) is 0 Å². The fourth-order valence-electron chi connectivity index (χ4n) is 2.20. The molecule has 7 nitrogen and oxygen atoms in total. The molecule has 134 valence electrons. The van der Waals surface area contributed by atoms with Crippen molar-refractivity contribution in [3.05, 3.63) is 63.3 Å². The van der Waals surface area contributed by atoms with Crippen LogP contribution in [-0.4, -0.2) is 15.8 Å². The summed E-state index contributed by atoms with van der Waals surface area (Å²) in [5, 5.41) is 15.9. The molecule has 0 spiro atoms. The highest BCUT2D eigenvalue weighted by Gasteiger charge is 2.19. The number of amides is 1. The van der Waals surface area contributed by atoms with Gasteiger partial charge in [0.15, 0.2) is 10.9 Å². The SMILES string of the molecule is CC(C)(C)c1csc(NC(=O)c2ccc(-c3ccc([N+](=O)[O-])cc3)o2)n1. The van der Waals surface area contributed by atoms with E-state index in [0.29, 0.717) is 16.5 Å². The van der Waals surface area contributed by atoms with Gasteiger partial charge >= 0.3 is 0 Å². The zero-order valence-corrected chi connectivity index (χ0v) is 15.3. The normalized spacial score (nSPS) is 11.3. The molecule has 0 saturated heterocycles. The van der Waals surface area contributed by atoms with Crippen molar-refractivity contribution in [2.45, 2.75) is 26.2 Å². The summed E-state index contributed by atoms with van der Waals surface area (Å²) in [6.07, 6.45) is 0. The van der Waals surface area contributed by atoms with E-state index in [4.69, 9.17) is 4.42 Å². The van der Waals surface area contributed by atoms with E-state index >= 15 is 0 Å². The third-order valence-corrected chi connectivity index (χ3v) is 4.44. The minimum absolute atomic E-state index is 0.00306. The second-order valence-corrected chi connectivity index (χ2v) is 7.57. The molecule has 0 fully saturated rings. The van der Waals surface area contributed by atoms with Gasteiger partial charge in [-0.15, -0.1) is 11.3 Å². The van der Waals surface area contributed by atoms with Gasteiger partial charge in [0.05, 0.1) is 10.6 Å². The molecule has 1 aromatic carbocycles. The molecular weight excluding hydrogens is 354 g/mol. The lowest BCUT2D eigenvalue weighted by atomic mass is 9.93. The summed E-state index contributed by atoms with van der Waals surface area (Å²) in [4.78, 5) is 27.0. The van der Waals surface area contributed by atoms with Crippen LogP contribution in [-0.2, 0) is 5.41 Å². The second kappa shape index (κ2) is 6.72. The van der Waals surface area contributed by atoms with Crippen molar-refractivity contribution in [1.82, 2.24) is 4.98 Å². The third-order valence-electron chi connectivity index (χ3n) is 3.69. The number of nitro groups is 1. The van der Waals surface area contributed by atoms with Crippen molar-refractivity contribution >= 4 is 28.1 Å². The van der Waals surface area contributed by atoms with E-state index in [9.17, 15) is 14.9 Å². The Labute approximate surface area is 153 Å². The first kappa shape index (κ1) is 17.8. The number of nitro benzene ring substituents is 1. The maximum atomic E-state index is 12.3. The maximum absolute atomic E-state index is 12.3. The molecule has 2 aromatic heterocycles. The van der Waals surface area contributed by atoms with Gasteiger partial charge in [-0.2, -0.15) is 0 Å². The lowest BCUT2D eigenvalue weighted by molar-refractivity contribution is -0.384. The number of nitrogens with zero attached hydrogens (tertiary/aromatic N) is 2. The topological polar surface area (TPSA) is 98.3 Å². The average molecular weight is 371 g/mol. The lowest BCUT2D eigenvalue weighted by Crippen LogP contribution is -2.13. The predicted octanol–water partition coefficient (Wildman–Crippen LogP) is 4.86.